The van der Waals surface area contributed by atoms with Crippen molar-refractivity contribution in [2.75, 3.05) is 0 Å². The molecule has 1 aromatic heterocycles. The number of alkyl halides is 3. The Kier molecular flexibility index (Phi) is 3.89. The zero-order valence-corrected chi connectivity index (χ0v) is 10.2. The van der Waals surface area contributed by atoms with Gasteiger partial charge in [-0.2, -0.15) is 18.3 Å². The average Bonchev–Trinajstić information content (AvgIpc) is 2.71. The third-order valence-electron chi connectivity index (χ3n) is 3.51. The van der Waals surface area contributed by atoms with Crippen LogP contribution in [-0.2, 0) is 13.6 Å². The molecular formula is C11H17F3N4. The minimum absolute atomic E-state index is 0.222. The Balaban J connectivity index is 1.96. The molecule has 102 valence electrons. The molecule has 0 unspecified atom stereocenters. The summed E-state index contributed by atoms with van der Waals surface area (Å²) in [5.74, 6) is -0.582. The lowest BCUT2D eigenvalue weighted by molar-refractivity contribution is -0.189. The van der Waals surface area contributed by atoms with E-state index in [0.717, 1.165) is 6.42 Å². The smallest absolute Gasteiger partial charge is 0.306 e. The summed E-state index contributed by atoms with van der Waals surface area (Å²) >= 11 is 0. The number of nitrogens with one attached hydrogen (secondary N) is 1. The molecule has 0 aromatic carbocycles. The summed E-state index contributed by atoms with van der Waals surface area (Å²) in [6, 6.07) is -0.504. The zero-order valence-electron chi connectivity index (χ0n) is 10.2. The van der Waals surface area contributed by atoms with Crippen LogP contribution in [0.3, 0.4) is 0 Å². The summed E-state index contributed by atoms with van der Waals surface area (Å²) in [6.45, 7) is 0.327. The number of hydrogen-bond donors (Lipinski definition) is 1. The highest BCUT2D eigenvalue weighted by atomic mass is 19.4. The Morgan fingerprint density at radius 2 is 2.11 bits per heavy atom. The fourth-order valence-electron chi connectivity index (χ4n) is 2.47. The molecule has 1 saturated carbocycles. The van der Waals surface area contributed by atoms with Crippen LogP contribution in [0.4, 0.5) is 13.2 Å². The van der Waals surface area contributed by atoms with Crippen molar-refractivity contribution in [3.05, 3.63) is 12.2 Å². The molecule has 0 bridgehead atoms. The van der Waals surface area contributed by atoms with Crippen molar-refractivity contribution < 1.29 is 13.2 Å². The van der Waals surface area contributed by atoms with E-state index in [1.165, 1.54) is 6.33 Å². The molecule has 1 aliphatic carbocycles. The van der Waals surface area contributed by atoms with Gasteiger partial charge in [0.25, 0.3) is 0 Å². The number of rotatable bonds is 3. The second-order valence-corrected chi connectivity index (χ2v) is 4.72. The summed E-state index contributed by atoms with van der Waals surface area (Å²) in [7, 11) is 1.73. The summed E-state index contributed by atoms with van der Waals surface area (Å²) in [6.07, 6.45) is -0.408. The Morgan fingerprint density at radius 3 is 2.72 bits per heavy atom. The van der Waals surface area contributed by atoms with Crippen LogP contribution in [0.1, 0.15) is 31.5 Å². The lowest BCUT2D eigenvalue weighted by Gasteiger charge is -2.33. The fraction of sp³-hybridized carbons (Fsp3) is 0.818. The van der Waals surface area contributed by atoms with Gasteiger partial charge in [-0.25, -0.2) is 4.98 Å². The minimum Gasteiger partial charge on any atom is -0.306 e. The third-order valence-corrected chi connectivity index (χ3v) is 3.51. The van der Waals surface area contributed by atoms with Gasteiger partial charge < -0.3 is 5.32 Å². The highest BCUT2D eigenvalue weighted by Crippen LogP contribution is 2.37. The molecule has 0 saturated heterocycles. The SMILES string of the molecule is Cn1ncnc1CN[C@@H]1CCCC[C@H]1C(F)(F)F. The van der Waals surface area contributed by atoms with Crippen molar-refractivity contribution in [2.24, 2.45) is 13.0 Å². The van der Waals surface area contributed by atoms with E-state index in [9.17, 15) is 13.2 Å². The molecule has 18 heavy (non-hydrogen) atoms. The summed E-state index contributed by atoms with van der Waals surface area (Å²) in [5.41, 5.74) is 0. The topological polar surface area (TPSA) is 42.7 Å². The lowest BCUT2D eigenvalue weighted by Crippen LogP contribution is -2.45. The van der Waals surface area contributed by atoms with Crippen LogP contribution in [0.15, 0.2) is 6.33 Å². The average molecular weight is 262 g/mol. The fourth-order valence-corrected chi connectivity index (χ4v) is 2.47. The van der Waals surface area contributed by atoms with Gasteiger partial charge in [0, 0.05) is 13.1 Å². The first-order valence-electron chi connectivity index (χ1n) is 6.11. The summed E-state index contributed by atoms with van der Waals surface area (Å²) in [5, 5.41) is 6.87. The first-order chi connectivity index (χ1) is 8.48. The molecule has 0 amide bonds. The van der Waals surface area contributed by atoms with Gasteiger partial charge in [0.15, 0.2) is 0 Å². The standard InChI is InChI=1S/C11H17F3N4/c1-18-10(16-7-17-18)6-15-9-5-3-2-4-8(9)11(12,13)14/h7-9,15H,2-6H2,1H3/t8-,9-/m1/s1. The zero-order chi connectivity index (χ0) is 13.2. The van der Waals surface area contributed by atoms with Crippen LogP contribution >= 0.6 is 0 Å². The van der Waals surface area contributed by atoms with Crippen LogP contribution < -0.4 is 5.32 Å². The van der Waals surface area contributed by atoms with Gasteiger partial charge in [-0.1, -0.05) is 12.8 Å². The maximum atomic E-state index is 12.9. The van der Waals surface area contributed by atoms with Crippen LogP contribution in [0.5, 0.6) is 0 Å². The molecule has 1 aliphatic rings. The molecule has 0 radical (unpaired) electrons. The van der Waals surface area contributed by atoms with Crippen molar-refractivity contribution in [1.29, 1.82) is 0 Å². The molecule has 4 nitrogen and oxygen atoms in total. The highest BCUT2D eigenvalue weighted by Gasteiger charge is 2.45. The lowest BCUT2D eigenvalue weighted by atomic mass is 9.84. The van der Waals surface area contributed by atoms with Crippen molar-refractivity contribution >= 4 is 0 Å². The van der Waals surface area contributed by atoms with Crippen LogP contribution in [0.25, 0.3) is 0 Å². The van der Waals surface area contributed by atoms with Gasteiger partial charge in [-0.3, -0.25) is 4.68 Å². The number of aromatic nitrogens is 3. The monoisotopic (exact) mass is 262 g/mol. The van der Waals surface area contributed by atoms with Gasteiger partial charge in [-0.15, -0.1) is 0 Å². The molecule has 1 fully saturated rings. The van der Waals surface area contributed by atoms with E-state index in [1.807, 2.05) is 0 Å². The van der Waals surface area contributed by atoms with Crippen LogP contribution in [0.2, 0.25) is 0 Å². The molecule has 2 atom stereocenters. The Hall–Kier alpha value is -1.11. The Morgan fingerprint density at radius 1 is 1.39 bits per heavy atom. The summed E-state index contributed by atoms with van der Waals surface area (Å²) < 4.78 is 40.2. The van der Waals surface area contributed by atoms with Gasteiger partial charge in [0.05, 0.1) is 12.5 Å². The van der Waals surface area contributed by atoms with Gasteiger partial charge in [-0.05, 0) is 12.8 Å². The van der Waals surface area contributed by atoms with E-state index < -0.39 is 18.1 Å². The van der Waals surface area contributed by atoms with Crippen LogP contribution in [-0.4, -0.2) is 27.0 Å². The highest BCUT2D eigenvalue weighted by molar-refractivity contribution is 4.89. The van der Waals surface area contributed by atoms with Crippen LogP contribution in [0, 0.1) is 5.92 Å². The quantitative estimate of drug-likeness (QED) is 0.906. The molecule has 1 heterocycles. The molecule has 1 aromatic rings. The first kappa shape index (κ1) is 13.3. The minimum atomic E-state index is -4.11. The van der Waals surface area contributed by atoms with E-state index in [-0.39, 0.29) is 6.42 Å². The second-order valence-electron chi connectivity index (χ2n) is 4.72. The van der Waals surface area contributed by atoms with Gasteiger partial charge >= 0.3 is 6.18 Å². The first-order valence-corrected chi connectivity index (χ1v) is 6.11. The van der Waals surface area contributed by atoms with E-state index in [0.29, 0.717) is 25.2 Å². The van der Waals surface area contributed by atoms with Crippen molar-refractivity contribution in [1.82, 2.24) is 20.1 Å². The maximum Gasteiger partial charge on any atom is 0.393 e. The molecule has 2 rings (SSSR count). The number of nitrogens with zero attached hydrogens (tertiary/aromatic N) is 3. The van der Waals surface area contributed by atoms with E-state index in [2.05, 4.69) is 15.4 Å². The van der Waals surface area contributed by atoms with E-state index in [1.54, 1.807) is 11.7 Å². The molecule has 0 aliphatic heterocycles. The number of hydrogen-bond acceptors (Lipinski definition) is 3. The second kappa shape index (κ2) is 5.26. The summed E-state index contributed by atoms with van der Waals surface area (Å²) in [4.78, 5) is 4.00. The number of aryl methyl sites for hydroxylation is 1. The van der Waals surface area contributed by atoms with Crippen molar-refractivity contribution in [3.8, 4) is 0 Å². The molecule has 0 spiro atoms. The van der Waals surface area contributed by atoms with Gasteiger partial charge in [0.1, 0.15) is 12.2 Å². The van der Waals surface area contributed by atoms with Crippen molar-refractivity contribution in [3.63, 3.8) is 0 Å². The Bertz CT molecular complexity index is 388. The van der Waals surface area contributed by atoms with E-state index >= 15 is 0 Å². The molecule has 7 heteroatoms. The van der Waals surface area contributed by atoms with Gasteiger partial charge in [0.2, 0.25) is 0 Å². The normalized spacial score (nSPS) is 25.3. The predicted molar refractivity (Wildman–Crippen MR) is 59.6 cm³/mol. The van der Waals surface area contributed by atoms with E-state index in [4.69, 9.17) is 0 Å². The Labute approximate surface area is 104 Å². The maximum absolute atomic E-state index is 12.9. The predicted octanol–water partition coefficient (Wildman–Crippen LogP) is 2.03. The van der Waals surface area contributed by atoms with Crippen molar-refractivity contribution in [2.45, 2.75) is 44.4 Å². The molecule has 1 N–H and O–H groups in total. The third kappa shape index (κ3) is 3.01. The molecular weight excluding hydrogens is 245 g/mol. The number of halogens is 3. The largest absolute Gasteiger partial charge is 0.393 e.